The molecule has 26 heavy (non-hydrogen) atoms. The molecule has 140 valence electrons. The number of methoxy groups -OCH3 is 1. The van der Waals surface area contributed by atoms with Gasteiger partial charge in [0.15, 0.2) is 0 Å². The first-order valence-electron chi connectivity index (χ1n) is 8.81. The first kappa shape index (κ1) is 19.6. The summed E-state index contributed by atoms with van der Waals surface area (Å²) in [5.41, 5.74) is 2.14. The van der Waals surface area contributed by atoms with Crippen LogP contribution in [-0.2, 0) is 5.41 Å². The fraction of sp³-hybridized carbons (Fsp3) is 0.381. The van der Waals surface area contributed by atoms with Gasteiger partial charge in [-0.3, -0.25) is 0 Å². The molecular formula is C21H28N2O3. The number of benzene rings is 2. The minimum absolute atomic E-state index is 0.139. The maximum atomic E-state index is 11.8. The summed E-state index contributed by atoms with van der Waals surface area (Å²) in [6, 6.07) is 15.1. The van der Waals surface area contributed by atoms with Crippen LogP contribution in [-0.4, -0.2) is 26.3 Å². The molecule has 2 N–H and O–H groups in total. The predicted molar refractivity (Wildman–Crippen MR) is 105 cm³/mol. The number of amides is 2. The van der Waals surface area contributed by atoms with E-state index in [-0.39, 0.29) is 11.4 Å². The van der Waals surface area contributed by atoms with Crippen molar-refractivity contribution >= 4 is 11.7 Å². The van der Waals surface area contributed by atoms with Gasteiger partial charge in [-0.1, -0.05) is 32.9 Å². The molecule has 0 aliphatic rings. The van der Waals surface area contributed by atoms with Crippen LogP contribution in [0.4, 0.5) is 10.5 Å². The van der Waals surface area contributed by atoms with Crippen molar-refractivity contribution in [2.24, 2.45) is 0 Å². The van der Waals surface area contributed by atoms with Crippen molar-refractivity contribution in [2.45, 2.75) is 32.6 Å². The molecule has 0 heterocycles. The molecule has 0 unspecified atom stereocenters. The quantitative estimate of drug-likeness (QED) is 0.714. The highest BCUT2D eigenvalue weighted by atomic mass is 16.5. The van der Waals surface area contributed by atoms with Gasteiger partial charge in [0.2, 0.25) is 0 Å². The first-order valence-corrected chi connectivity index (χ1v) is 8.81. The van der Waals surface area contributed by atoms with Crippen molar-refractivity contribution < 1.29 is 14.3 Å². The number of rotatable bonds is 7. The molecule has 0 saturated heterocycles. The Bertz CT molecular complexity index is 689. The lowest BCUT2D eigenvalue weighted by atomic mass is 9.87. The Morgan fingerprint density at radius 3 is 2.15 bits per heavy atom. The molecule has 0 aromatic heterocycles. The highest BCUT2D eigenvalue weighted by Crippen LogP contribution is 2.24. The normalized spacial score (nSPS) is 10.9. The fourth-order valence-corrected chi connectivity index (χ4v) is 2.36. The Hall–Kier alpha value is -2.69. The second kappa shape index (κ2) is 9.13. The minimum Gasteiger partial charge on any atom is -0.497 e. The molecule has 5 nitrogen and oxygen atoms in total. The van der Waals surface area contributed by atoms with Crippen molar-refractivity contribution in [3.05, 3.63) is 54.1 Å². The number of anilines is 1. The van der Waals surface area contributed by atoms with E-state index in [9.17, 15) is 4.79 Å². The summed E-state index contributed by atoms with van der Waals surface area (Å²) < 4.78 is 10.8. The monoisotopic (exact) mass is 356 g/mol. The van der Waals surface area contributed by atoms with Gasteiger partial charge in [0.05, 0.1) is 13.7 Å². The molecule has 2 amide bonds. The number of hydrogen-bond acceptors (Lipinski definition) is 3. The Balaban J connectivity index is 1.64. The van der Waals surface area contributed by atoms with Crippen LogP contribution < -0.4 is 20.1 Å². The highest BCUT2D eigenvalue weighted by molar-refractivity contribution is 5.89. The molecule has 2 rings (SSSR count). The smallest absolute Gasteiger partial charge is 0.319 e. The van der Waals surface area contributed by atoms with Crippen LogP contribution in [0.2, 0.25) is 0 Å². The Morgan fingerprint density at radius 1 is 0.962 bits per heavy atom. The molecule has 2 aromatic carbocycles. The molecule has 0 aliphatic carbocycles. The highest BCUT2D eigenvalue weighted by Gasteiger charge is 2.12. The minimum atomic E-state index is -0.232. The van der Waals surface area contributed by atoms with E-state index < -0.39 is 0 Å². The third-order valence-corrected chi connectivity index (χ3v) is 3.94. The standard InChI is InChI=1S/C21H28N2O3/c1-21(2,3)16-6-10-19(11-7-16)26-15-5-14-22-20(24)23-17-8-12-18(25-4)13-9-17/h6-13H,5,14-15H2,1-4H3,(H2,22,23,24). The lowest BCUT2D eigenvalue weighted by molar-refractivity contribution is 0.250. The molecule has 2 aromatic rings. The Labute approximate surface area is 155 Å². The molecule has 0 saturated carbocycles. The summed E-state index contributed by atoms with van der Waals surface area (Å²) in [5, 5.41) is 5.59. The van der Waals surface area contributed by atoms with Gasteiger partial charge in [0.25, 0.3) is 0 Å². The molecule has 5 heteroatoms. The number of hydrogen-bond donors (Lipinski definition) is 2. The van der Waals surface area contributed by atoms with Crippen molar-refractivity contribution in [1.29, 1.82) is 0 Å². The number of ether oxygens (including phenoxy) is 2. The number of carbonyl (C=O) groups excluding carboxylic acids is 1. The molecule has 0 bridgehead atoms. The van der Waals surface area contributed by atoms with E-state index in [1.54, 1.807) is 31.4 Å². The zero-order chi connectivity index (χ0) is 19.0. The van der Waals surface area contributed by atoms with Gasteiger partial charge in [-0.05, 0) is 53.8 Å². The largest absolute Gasteiger partial charge is 0.497 e. The molecular weight excluding hydrogens is 328 g/mol. The second-order valence-corrected chi connectivity index (χ2v) is 7.09. The average Bonchev–Trinajstić information content (AvgIpc) is 2.62. The number of carbonyl (C=O) groups is 1. The van der Waals surface area contributed by atoms with Crippen LogP contribution in [0.25, 0.3) is 0 Å². The number of nitrogens with one attached hydrogen (secondary N) is 2. The zero-order valence-corrected chi connectivity index (χ0v) is 16.0. The summed E-state index contributed by atoms with van der Waals surface area (Å²) in [5.74, 6) is 1.60. The van der Waals surface area contributed by atoms with E-state index >= 15 is 0 Å². The summed E-state index contributed by atoms with van der Waals surface area (Å²) in [6.45, 7) is 7.66. The van der Waals surface area contributed by atoms with Gasteiger partial charge < -0.3 is 20.1 Å². The van der Waals surface area contributed by atoms with Gasteiger partial charge in [-0.25, -0.2) is 4.79 Å². The maximum Gasteiger partial charge on any atom is 0.319 e. The van der Waals surface area contributed by atoms with Crippen molar-refractivity contribution in [3.8, 4) is 11.5 Å². The molecule has 0 atom stereocenters. The van der Waals surface area contributed by atoms with Gasteiger partial charge in [0, 0.05) is 12.2 Å². The molecule has 0 aliphatic heterocycles. The summed E-state index contributed by atoms with van der Waals surface area (Å²) >= 11 is 0. The molecule has 0 radical (unpaired) electrons. The van der Waals surface area contributed by atoms with E-state index in [1.165, 1.54) is 5.56 Å². The van der Waals surface area contributed by atoms with Crippen molar-refractivity contribution in [3.63, 3.8) is 0 Å². The summed E-state index contributed by atoms with van der Waals surface area (Å²) in [7, 11) is 1.61. The van der Waals surface area contributed by atoms with E-state index in [0.717, 1.165) is 23.6 Å². The van der Waals surface area contributed by atoms with E-state index in [1.807, 2.05) is 12.1 Å². The third kappa shape index (κ3) is 6.31. The second-order valence-electron chi connectivity index (χ2n) is 7.09. The number of urea groups is 1. The van der Waals surface area contributed by atoms with E-state index in [0.29, 0.717) is 13.2 Å². The summed E-state index contributed by atoms with van der Waals surface area (Å²) in [4.78, 5) is 11.8. The lowest BCUT2D eigenvalue weighted by Gasteiger charge is -2.19. The maximum absolute atomic E-state index is 11.8. The van der Waals surface area contributed by atoms with Crippen LogP contribution in [0.3, 0.4) is 0 Å². The predicted octanol–water partition coefficient (Wildman–Crippen LogP) is 4.58. The van der Waals surface area contributed by atoms with E-state index in [2.05, 4.69) is 43.5 Å². The average molecular weight is 356 g/mol. The fourth-order valence-electron chi connectivity index (χ4n) is 2.36. The topological polar surface area (TPSA) is 59.6 Å². The van der Waals surface area contributed by atoms with Gasteiger partial charge in [0.1, 0.15) is 11.5 Å². The summed E-state index contributed by atoms with van der Waals surface area (Å²) in [6.07, 6.45) is 0.733. The van der Waals surface area contributed by atoms with Crippen LogP contribution in [0, 0.1) is 0 Å². The van der Waals surface area contributed by atoms with Gasteiger partial charge in [-0.15, -0.1) is 0 Å². The van der Waals surface area contributed by atoms with Crippen LogP contribution >= 0.6 is 0 Å². The lowest BCUT2D eigenvalue weighted by Crippen LogP contribution is -2.30. The van der Waals surface area contributed by atoms with E-state index in [4.69, 9.17) is 9.47 Å². The Morgan fingerprint density at radius 2 is 1.58 bits per heavy atom. The zero-order valence-electron chi connectivity index (χ0n) is 16.0. The van der Waals surface area contributed by atoms with Crippen LogP contribution in [0.1, 0.15) is 32.8 Å². The first-order chi connectivity index (χ1) is 12.4. The molecule has 0 fully saturated rings. The van der Waals surface area contributed by atoms with Crippen molar-refractivity contribution in [2.75, 3.05) is 25.6 Å². The Kier molecular flexibility index (Phi) is 6.89. The van der Waals surface area contributed by atoms with Gasteiger partial charge in [-0.2, -0.15) is 0 Å². The van der Waals surface area contributed by atoms with Crippen molar-refractivity contribution in [1.82, 2.24) is 5.32 Å². The van der Waals surface area contributed by atoms with Crippen LogP contribution in [0.5, 0.6) is 11.5 Å². The van der Waals surface area contributed by atoms with Crippen LogP contribution in [0.15, 0.2) is 48.5 Å². The molecule has 0 spiro atoms. The third-order valence-electron chi connectivity index (χ3n) is 3.94. The van der Waals surface area contributed by atoms with Gasteiger partial charge >= 0.3 is 6.03 Å². The SMILES string of the molecule is COc1ccc(NC(=O)NCCCOc2ccc(C(C)(C)C)cc2)cc1.